The second-order valence-corrected chi connectivity index (χ2v) is 17.4. The van der Waals surface area contributed by atoms with Gasteiger partial charge in [-0.25, -0.2) is 14.2 Å². The van der Waals surface area contributed by atoms with Crippen molar-refractivity contribution in [3.05, 3.63) is 142 Å². The van der Waals surface area contributed by atoms with Gasteiger partial charge in [-0.1, -0.05) is 87.0 Å². The lowest BCUT2D eigenvalue weighted by Crippen LogP contribution is -2.36. The zero-order chi connectivity index (χ0) is 41.5. The van der Waals surface area contributed by atoms with E-state index in [0.29, 0.717) is 35.2 Å². The number of aromatic nitrogens is 4. The molecule has 0 aliphatic carbocycles. The van der Waals surface area contributed by atoms with Crippen molar-refractivity contribution in [2.45, 2.75) is 87.0 Å². The number of ether oxygens (including phenoxy) is 2. The minimum Gasteiger partial charge on any atom is -0.404 e. The van der Waals surface area contributed by atoms with E-state index in [1.165, 1.54) is 15.3 Å². The highest BCUT2D eigenvalue weighted by Gasteiger charge is 2.33. The topological polar surface area (TPSA) is 190 Å². The number of nitrogens with one attached hydrogen (secondary N) is 2. The standard InChI is InChI=1S/C40H49N4O11PS/c1-8-32-33(20-29-18-25(2)17-26(3)19-29)44(39(49)42-36(32)46)24-51-22-28-9-11-30(12-10-28)55-56(50,52-15-16-57-37(47)40(5,6)7)53-23-31-13-14-34(54-31)43-21-27(4)35(45)41-38(43)48/h9-14,17-19,21,31,34H,8,15-16,20,22-24H2,1-7H3,(H,41,45,48)(H,42,46,49)/t31-,34+,56?/m0/s1. The molecule has 57 heavy (non-hydrogen) atoms. The Balaban J connectivity index is 1.24. The molecular weight excluding hydrogens is 775 g/mol. The van der Waals surface area contributed by atoms with Gasteiger partial charge < -0.3 is 14.0 Å². The van der Waals surface area contributed by atoms with Crippen LogP contribution in [0.5, 0.6) is 5.75 Å². The van der Waals surface area contributed by atoms with E-state index in [2.05, 4.69) is 16.0 Å². The second kappa shape index (κ2) is 18.8. The molecule has 0 spiro atoms. The van der Waals surface area contributed by atoms with E-state index in [-0.39, 0.29) is 43.2 Å². The number of aryl methyl sites for hydroxylation is 3. The Morgan fingerprint density at radius 3 is 2.26 bits per heavy atom. The van der Waals surface area contributed by atoms with Gasteiger partial charge in [0, 0.05) is 40.6 Å². The zero-order valence-electron chi connectivity index (χ0n) is 33.1. The van der Waals surface area contributed by atoms with Crippen molar-refractivity contribution in [1.29, 1.82) is 0 Å². The van der Waals surface area contributed by atoms with Crippen LogP contribution >= 0.6 is 19.6 Å². The van der Waals surface area contributed by atoms with Gasteiger partial charge in [0.05, 0.1) is 19.8 Å². The molecule has 0 saturated heterocycles. The van der Waals surface area contributed by atoms with Crippen molar-refractivity contribution in [3.63, 3.8) is 0 Å². The predicted octanol–water partition coefficient (Wildman–Crippen LogP) is 5.62. The number of hydrogen-bond acceptors (Lipinski definition) is 12. The zero-order valence-corrected chi connectivity index (χ0v) is 34.8. The lowest BCUT2D eigenvalue weighted by molar-refractivity contribution is -0.117. The van der Waals surface area contributed by atoms with Gasteiger partial charge in [-0.3, -0.25) is 42.5 Å². The van der Waals surface area contributed by atoms with Crippen LogP contribution in [0.25, 0.3) is 0 Å². The summed E-state index contributed by atoms with van der Waals surface area (Å²) in [6.45, 7) is 12.4. The first kappa shape index (κ1) is 43.6. The van der Waals surface area contributed by atoms with Crippen LogP contribution in [0.2, 0.25) is 0 Å². The summed E-state index contributed by atoms with van der Waals surface area (Å²) in [5.41, 5.74) is 2.59. The number of carbonyl (C=O) groups excluding carboxylic acids is 1. The molecule has 2 aromatic heterocycles. The molecule has 0 bridgehead atoms. The van der Waals surface area contributed by atoms with Gasteiger partial charge in [0.2, 0.25) is 0 Å². The Bertz CT molecular complexity index is 2370. The van der Waals surface area contributed by atoms with Crippen LogP contribution in [0.15, 0.2) is 80.0 Å². The molecule has 1 aliphatic rings. The number of thioether (sulfide) groups is 1. The number of H-pyrrole nitrogens is 2. The summed E-state index contributed by atoms with van der Waals surface area (Å²) in [6.07, 6.45) is 3.87. The molecule has 1 aliphatic heterocycles. The summed E-state index contributed by atoms with van der Waals surface area (Å²) in [6, 6.07) is 12.6. The summed E-state index contributed by atoms with van der Waals surface area (Å²) in [4.78, 5) is 67.0. The van der Waals surface area contributed by atoms with E-state index in [0.717, 1.165) is 28.5 Å². The number of rotatable bonds is 17. The van der Waals surface area contributed by atoms with Gasteiger partial charge in [0.15, 0.2) is 11.3 Å². The molecule has 3 atom stereocenters. The van der Waals surface area contributed by atoms with Crippen LogP contribution in [-0.4, -0.2) is 49.3 Å². The van der Waals surface area contributed by atoms with Gasteiger partial charge in [-0.2, -0.15) is 0 Å². The van der Waals surface area contributed by atoms with Crippen molar-refractivity contribution in [1.82, 2.24) is 19.1 Å². The van der Waals surface area contributed by atoms with E-state index in [1.807, 2.05) is 32.9 Å². The van der Waals surface area contributed by atoms with Gasteiger partial charge in [0.1, 0.15) is 18.6 Å². The molecule has 2 aromatic carbocycles. The molecule has 17 heteroatoms. The van der Waals surface area contributed by atoms with Crippen molar-refractivity contribution in [2.75, 3.05) is 19.0 Å². The molecule has 3 heterocycles. The van der Waals surface area contributed by atoms with Crippen LogP contribution in [0.3, 0.4) is 0 Å². The Hall–Kier alpha value is -4.57. The van der Waals surface area contributed by atoms with Gasteiger partial charge in [-0.05, 0) is 56.5 Å². The maximum atomic E-state index is 14.0. The number of nitrogens with zero attached hydrogens (tertiary/aromatic N) is 2. The molecule has 15 nitrogen and oxygen atoms in total. The lowest BCUT2D eigenvalue weighted by atomic mass is 10.00. The molecule has 0 fully saturated rings. The Kier molecular flexibility index (Phi) is 14.4. The number of benzene rings is 2. The molecule has 1 unspecified atom stereocenters. The minimum absolute atomic E-state index is 0.0577. The summed E-state index contributed by atoms with van der Waals surface area (Å²) in [7, 11) is -4.30. The maximum absolute atomic E-state index is 14.0. The third kappa shape index (κ3) is 11.7. The molecule has 0 saturated carbocycles. The highest BCUT2D eigenvalue weighted by molar-refractivity contribution is 8.13. The molecule has 0 radical (unpaired) electrons. The van der Waals surface area contributed by atoms with E-state index in [9.17, 15) is 28.5 Å². The fourth-order valence-electron chi connectivity index (χ4n) is 6.03. The summed E-state index contributed by atoms with van der Waals surface area (Å²) < 4.78 is 45.6. The second-order valence-electron chi connectivity index (χ2n) is 14.7. The highest BCUT2D eigenvalue weighted by atomic mass is 32.2. The van der Waals surface area contributed by atoms with Crippen LogP contribution in [0.4, 0.5) is 0 Å². The van der Waals surface area contributed by atoms with Gasteiger partial charge in [-0.15, -0.1) is 0 Å². The van der Waals surface area contributed by atoms with Crippen LogP contribution in [-0.2, 0) is 54.1 Å². The Morgan fingerprint density at radius 1 is 0.912 bits per heavy atom. The van der Waals surface area contributed by atoms with Crippen LogP contribution in [0, 0.1) is 26.2 Å². The highest BCUT2D eigenvalue weighted by Crippen LogP contribution is 2.50. The van der Waals surface area contributed by atoms with E-state index in [1.54, 1.807) is 64.1 Å². The van der Waals surface area contributed by atoms with Crippen molar-refractivity contribution in [2.24, 2.45) is 5.41 Å². The summed E-state index contributed by atoms with van der Waals surface area (Å²) in [5, 5.41) is -0.0577. The Labute approximate surface area is 334 Å². The molecule has 4 aromatic rings. The number of aromatic amines is 2. The lowest BCUT2D eigenvalue weighted by Gasteiger charge is -2.21. The average Bonchev–Trinajstić information content (AvgIpc) is 3.61. The smallest absolute Gasteiger partial charge is 0.404 e. The predicted molar refractivity (Wildman–Crippen MR) is 217 cm³/mol. The van der Waals surface area contributed by atoms with Crippen molar-refractivity contribution in [3.8, 4) is 5.75 Å². The fourth-order valence-corrected chi connectivity index (χ4v) is 8.14. The normalized spacial score (nSPS) is 16.5. The molecular formula is C40H49N4O11PS. The van der Waals surface area contributed by atoms with E-state index < -0.39 is 48.1 Å². The minimum atomic E-state index is -4.30. The number of carbonyl (C=O) groups is 1. The number of hydrogen-bond donors (Lipinski definition) is 2. The van der Waals surface area contributed by atoms with Gasteiger partial charge >= 0.3 is 19.2 Å². The molecule has 0 amide bonds. The van der Waals surface area contributed by atoms with Crippen molar-refractivity contribution < 1.29 is 32.4 Å². The van der Waals surface area contributed by atoms with E-state index >= 15 is 0 Å². The third-order valence-electron chi connectivity index (χ3n) is 8.85. The summed E-state index contributed by atoms with van der Waals surface area (Å²) in [5.74, 6) is 0.362. The summed E-state index contributed by atoms with van der Waals surface area (Å²) >= 11 is 1.05. The first-order valence-corrected chi connectivity index (χ1v) is 20.9. The monoisotopic (exact) mass is 824 g/mol. The van der Waals surface area contributed by atoms with Gasteiger partial charge in [0.25, 0.3) is 11.1 Å². The third-order valence-corrected chi connectivity index (χ3v) is 11.5. The number of phosphoric ester groups is 1. The quantitative estimate of drug-likeness (QED) is 0.0761. The van der Waals surface area contributed by atoms with Crippen molar-refractivity contribution >= 4 is 24.7 Å². The number of phosphoric acid groups is 1. The Morgan fingerprint density at radius 2 is 1.60 bits per heavy atom. The van der Waals surface area contributed by atoms with E-state index in [4.69, 9.17) is 23.0 Å². The first-order chi connectivity index (χ1) is 26.9. The maximum Gasteiger partial charge on any atom is 0.530 e. The first-order valence-electron chi connectivity index (χ1n) is 18.4. The van der Waals surface area contributed by atoms with Crippen LogP contribution in [0.1, 0.15) is 73.0 Å². The SMILES string of the molecule is CCc1c(Cc2cc(C)cc(C)c2)n(COCc2ccc(OP(=O)(OCCSC(=O)C(C)(C)C)OC[C@@H]3C=C[C@H](n4cc(C)c(=O)[nH]c4=O)O3)cc2)c(=O)[nH]c1=O. The average molecular weight is 825 g/mol. The van der Waals surface area contributed by atoms with Crippen LogP contribution < -0.4 is 27.0 Å². The molecule has 5 rings (SSSR count). The molecule has 2 N–H and O–H groups in total. The molecule has 306 valence electrons. The fraction of sp³-hybridized carbons (Fsp3) is 0.425. The largest absolute Gasteiger partial charge is 0.530 e.